The third-order valence-corrected chi connectivity index (χ3v) is 5.37. The molecule has 1 aliphatic heterocycles. The van der Waals surface area contributed by atoms with Crippen molar-refractivity contribution < 1.29 is 17.1 Å². The molecule has 1 aromatic carbocycles. The summed E-state index contributed by atoms with van der Waals surface area (Å²) in [5.41, 5.74) is 1.45. The third-order valence-electron chi connectivity index (χ3n) is 5.37. The second kappa shape index (κ2) is 10.7. The van der Waals surface area contributed by atoms with Gasteiger partial charge in [0, 0.05) is 7.11 Å². The number of rotatable bonds is 8. The molecule has 0 bridgehead atoms. The van der Waals surface area contributed by atoms with E-state index < -0.39 is 0 Å². The standard InChI is InChI=1S/C20H31N5O.ClH/c1-16(2)19(20-21-22-23-25(20)13-14-26-3)24-11-9-18(10-12-24)15-17-7-5-4-6-8-17;/h4-8,16,18-19H,9-15H2,1-3H3;1H/p-1. The maximum Gasteiger partial charge on any atom is 0.168 e. The molecular weight excluding hydrogens is 362 g/mol. The fourth-order valence-electron chi connectivity index (χ4n) is 4.03. The Morgan fingerprint density at radius 1 is 1.15 bits per heavy atom. The molecule has 3 rings (SSSR count). The molecule has 6 nitrogen and oxygen atoms in total. The van der Waals surface area contributed by atoms with Crippen molar-refractivity contribution in [2.75, 3.05) is 26.8 Å². The first-order valence-electron chi connectivity index (χ1n) is 9.72. The highest BCUT2D eigenvalue weighted by molar-refractivity contribution is 5.15. The molecular formula is C20H31ClN5O-. The number of ether oxygens (including phenoxy) is 1. The van der Waals surface area contributed by atoms with Crippen LogP contribution in [-0.4, -0.2) is 51.9 Å². The number of hydrogen-bond donors (Lipinski definition) is 0. The van der Waals surface area contributed by atoms with Crippen molar-refractivity contribution in [3.63, 3.8) is 0 Å². The maximum absolute atomic E-state index is 5.20. The minimum absolute atomic E-state index is 0. The summed E-state index contributed by atoms with van der Waals surface area (Å²) < 4.78 is 7.10. The van der Waals surface area contributed by atoms with Crippen LogP contribution in [0.25, 0.3) is 0 Å². The van der Waals surface area contributed by atoms with Gasteiger partial charge in [0.15, 0.2) is 5.82 Å². The Hall–Kier alpha value is -1.50. The number of aromatic nitrogens is 4. The van der Waals surface area contributed by atoms with Gasteiger partial charge in [0.2, 0.25) is 0 Å². The molecule has 2 aromatic rings. The molecule has 1 aromatic heterocycles. The summed E-state index contributed by atoms with van der Waals surface area (Å²) in [6.45, 7) is 8.07. The Morgan fingerprint density at radius 3 is 2.48 bits per heavy atom. The summed E-state index contributed by atoms with van der Waals surface area (Å²) in [5, 5.41) is 12.5. The van der Waals surface area contributed by atoms with Gasteiger partial charge in [0.1, 0.15) is 0 Å². The summed E-state index contributed by atoms with van der Waals surface area (Å²) in [6.07, 6.45) is 3.65. The average molecular weight is 393 g/mol. The first kappa shape index (κ1) is 21.8. The highest BCUT2D eigenvalue weighted by atomic mass is 35.5. The lowest BCUT2D eigenvalue weighted by molar-refractivity contribution is -0.00000619. The highest BCUT2D eigenvalue weighted by Gasteiger charge is 2.31. The minimum Gasteiger partial charge on any atom is -1.00 e. The van der Waals surface area contributed by atoms with E-state index in [2.05, 4.69) is 64.6 Å². The molecule has 1 aliphatic rings. The van der Waals surface area contributed by atoms with Crippen molar-refractivity contribution in [1.82, 2.24) is 25.1 Å². The van der Waals surface area contributed by atoms with Crippen LogP contribution in [0.15, 0.2) is 30.3 Å². The molecule has 2 heterocycles. The molecule has 0 saturated carbocycles. The van der Waals surface area contributed by atoms with Crippen LogP contribution in [0.4, 0.5) is 0 Å². The van der Waals surface area contributed by atoms with Gasteiger partial charge in [-0.2, -0.15) is 0 Å². The molecule has 0 N–H and O–H groups in total. The van der Waals surface area contributed by atoms with Crippen LogP contribution >= 0.6 is 0 Å². The van der Waals surface area contributed by atoms with Crippen molar-refractivity contribution in [3.8, 4) is 0 Å². The summed E-state index contributed by atoms with van der Waals surface area (Å²) in [4.78, 5) is 2.57. The number of likely N-dealkylation sites (tertiary alicyclic amines) is 1. The Bertz CT molecular complexity index is 655. The average Bonchev–Trinajstić information content (AvgIpc) is 3.10. The Morgan fingerprint density at radius 2 is 1.85 bits per heavy atom. The predicted molar refractivity (Wildman–Crippen MR) is 102 cm³/mol. The zero-order valence-electron chi connectivity index (χ0n) is 16.6. The summed E-state index contributed by atoms with van der Waals surface area (Å²) in [6, 6.07) is 11.1. The summed E-state index contributed by atoms with van der Waals surface area (Å²) >= 11 is 0. The van der Waals surface area contributed by atoms with E-state index in [9.17, 15) is 0 Å². The van der Waals surface area contributed by atoms with Crippen molar-refractivity contribution in [2.24, 2.45) is 11.8 Å². The molecule has 1 saturated heterocycles. The lowest BCUT2D eigenvalue weighted by Gasteiger charge is -2.38. The molecule has 1 atom stereocenters. The van der Waals surface area contributed by atoms with Crippen LogP contribution in [0.1, 0.15) is 44.1 Å². The van der Waals surface area contributed by atoms with Gasteiger partial charge in [-0.05, 0) is 60.2 Å². The maximum atomic E-state index is 5.20. The molecule has 7 heteroatoms. The normalized spacial score (nSPS) is 17.0. The highest BCUT2D eigenvalue weighted by Crippen LogP contribution is 2.32. The molecule has 27 heavy (non-hydrogen) atoms. The minimum atomic E-state index is 0. The lowest BCUT2D eigenvalue weighted by Crippen LogP contribution is -3.00. The largest absolute Gasteiger partial charge is 1.00 e. The Kier molecular flexibility index (Phi) is 8.67. The molecule has 0 radical (unpaired) electrons. The van der Waals surface area contributed by atoms with Crippen LogP contribution < -0.4 is 12.4 Å². The number of tetrazole rings is 1. The van der Waals surface area contributed by atoms with Crippen molar-refractivity contribution in [2.45, 2.75) is 45.7 Å². The number of methoxy groups -OCH3 is 1. The lowest BCUT2D eigenvalue weighted by atomic mass is 9.88. The van der Waals surface area contributed by atoms with E-state index in [0.29, 0.717) is 19.1 Å². The fourth-order valence-corrected chi connectivity index (χ4v) is 4.03. The van der Waals surface area contributed by atoms with Gasteiger partial charge in [0.05, 0.1) is 19.2 Å². The van der Waals surface area contributed by atoms with E-state index in [1.54, 1.807) is 7.11 Å². The van der Waals surface area contributed by atoms with Crippen LogP contribution in [0, 0.1) is 11.8 Å². The van der Waals surface area contributed by atoms with Gasteiger partial charge in [-0.1, -0.05) is 44.2 Å². The smallest absolute Gasteiger partial charge is 0.168 e. The molecule has 0 aliphatic carbocycles. The third kappa shape index (κ3) is 5.74. The van der Waals surface area contributed by atoms with Gasteiger partial charge in [0.25, 0.3) is 0 Å². The second-order valence-electron chi connectivity index (χ2n) is 7.61. The van der Waals surface area contributed by atoms with E-state index in [-0.39, 0.29) is 18.4 Å². The van der Waals surface area contributed by atoms with E-state index in [1.165, 1.54) is 24.8 Å². The summed E-state index contributed by atoms with van der Waals surface area (Å²) in [5.74, 6) is 2.21. The second-order valence-corrected chi connectivity index (χ2v) is 7.61. The van der Waals surface area contributed by atoms with Crippen LogP contribution in [0.2, 0.25) is 0 Å². The van der Waals surface area contributed by atoms with E-state index >= 15 is 0 Å². The zero-order valence-corrected chi connectivity index (χ0v) is 17.3. The van der Waals surface area contributed by atoms with E-state index in [0.717, 1.165) is 24.8 Å². The van der Waals surface area contributed by atoms with Crippen molar-refractivity contribution >= 4 is 0 Å². The number of piperidine rings is 1. The van der Waals surface area contributed by atoms with Gasteiger partial charge >= 0.3 is 0 Å². The van der Waals surface area contributed by atoms with Gasteiger partial charge in [-0.25, -0.2) is 4.68 Å². The number of halogens is 1. The number of nitrogens with zero attached hydrogens (tertiary/aromatic N) is 5. The van der Waals surface area contributed by atoms with E-state index in [4.69, 9.17) is 4.74 Å². The number of hydrogen-bond acceptors (Lipinski definition) is 5. The van der Waals surface area contributed by atoms with Gasteiger partial charge < -0.3 is 17.1 Å². The van der Waals surface area contributed by atoms with Crippen LogP contribution in [0.3, 0.4) is 0 Å². The first-order valence-corrected chi connectivity index (χ1v) is 9.72. The van der Waals surface area contributed by atoms with Gasteiger partial charge in [-0.3, -0.25) is 4.90 Å². The topological polar surface area (TPSA) is 56.1 Å². The van der Waals surface area contributed by atoms with Gasteiger partial charge in [-0.15, -0.1) is 5.10 Å². The van der Waals surface area contributed by atoms with E-state index in [1.807, 2.05) is 4.68 Å². The number of benzene rings is 1. The molecule has 1 fully saturated rings. The molecule has 150 valence electrons. The molecule has 0 spiro atoms. The van der Waals surface area contributed by atoms with Crippen molar-refractivity contribution in [1.29, 1.82) is 0 Å². The zero-order chi connectivity index (χ0) is 18.4. The first-order chi connectivity index (χ1) is 12.7. The van der Waals surface area contributed by atoms with Crippen molar-refractivity contribution in [3.05, 3.63) is 41.7 Å². The van der Waals surface area contributed by atoms with Crippen LogP contribution in [0.5, 0.6) is 0 Å². The molecule has 0 amide bonds. The Balaban J connectivity index is 0.00000261. The predicted octanol–water partition coefficient (Wildman–Crippen LogP) is -0.0247. The van der Waals surface area contributed by atoms with Crippen LogP contribution in [-0.2, 0) is 17.7 Å². The Labute approximate surface area is 168 Å². The monoisotopic (exact) mass is 392 g/mol. The fraction of sp³-hybridized carbons (Fsp3) is 0.650. The SMILES string of the molecule is COCCn1nnnc1C(C(C)C)N1CCC(Cc2ccccc2)CC1.[Cl-]. The summed E-state index contributed by atoms with van der Waals surface area (Å²) in [7, 11) is 1.71. The quantitative estimate of drug-likeness (QED) is 0.631. The molecule has 1 unspecified atom stereocenters.